The first-order valence-electron chi connectivity index (χ1n) is 6.39. The molecule has 0 saturated heterocycles. The van der Waals surface area contributed by atoms with Crippen molar-refractivity contribution in [3.8, 4) is 0 Å². The van der Waals surface area contributed by atoms with Crippen molar-refractivity contribution in [3.63, 3.8) is 0 Å². The maximum atomic E-state index is 12.1. The lowest BCUT2D eigenvalue weighted by Gasteiger charge is -2.26. The fraction of sp³-hybridized carbons (Fsp3) is 0.500. The zero-order valence-corrected chi connectivity index (χ0v) is 11.4. The topological polar surface area (TPSA) is 58.4 Å². The van der Waals surface area contributed by atoms with Crippen LogP contribution in [0.3, 0.4) is 0 Å². The van der Waals surface area contributed by atoms with Gasteiger partial charge in [-0.05, 0) is 51.4 Å². The standard InChI is InChI=1S/C14H23N3O/c1-11(2)17(9-5-8-15)14(18)16-13-7-4-6-12(3)10-13/h4,6-7,10-11H,5,8-9,15H2,1-3H3,(H,16,18). The van der Waals surface area contributed by atoms with Crippen molar-refractivity contribution in [3.05, 3.63) is 29.8 Å². The van der Waals surface area contributed by atoms with Crippen LogP contribution in [-0.4, -0.2) is 30.1 Å². The molecule has 0 unspecified atom stereocenters. The largest absolute Gasteiger partial charge is 0.330 e. The number of nitrogens with zero attached hydrogens (tertiary/aromatic N) is 1. The van der Waals surface area contributed by atoms with Gasteiger partial charge in [0, 0.05) is 18.3 Å². The minimum atomic E-state index is -0.0657. The second-order valence-electron chi connectivity index (χ2n) is 4.73. The summed E-state index contributed by atoms with van der Waals surface area (Å²) in [6, 6.07) is 7.89. The van der Waals surface area contributed by atoms with E-state index in [4.69, 9.17) is 5.73 Å². The van der Waals surface area contributed by atoms with Crippen LogP contribution in [0, 0.1) is 6.92 Å². The van der Waals surface area contributed by atoms with Crippen LogP contribution in [0.15, 0.2) is 24.3 Å². The van der Waals surface area contributed by atoms with Gasteiger partial charge in [-0.25, -0.2) is 4.79 Å². The van der Waals surface area contributed by atoms with Gasteiger partial charge in [0.2, 0.25) is 0 Å². The van der Waals surface area contributed by atoms with Crippen molar-refractivity contribution in [1.29, 1.82) is 0 Å². The van der Waals surface area contributed by atoms with Gasteiger partial charge in [-0.15, -0.1) is 0 Å². The van der Waals surface area contributed by atoms with Gasteiger partial charge in [-0.2, -0.15) is 0 Å². The van der Waals surface area contributed by atoms with Crippen molar-refractivity contribution in [2.45, 2.75) is 33.2 Å². The number of rotatable bonds is 5. The van der Waals surface area contributed by atoms with Crippen molar-refractivity contribution in [2.24, 2.45) is 5.73 Å². The molecule has 1 aromatic carbocycles. The predicted octanol–water partition coefficient (Wildman–Crippen LogP) is 2.59. The highest BCUT2D eigenvalue weighted by atomic mass is 16.2. The van der Waals surface area contributed by atoms with Crippen molar-refractivity contribution < 1.29 is 4.79 Å². The van der Waals surface area contributed by atoms with Crippen LogP contribution in [0.1, 0.15) is 25.8 Å². The van der Waals surface area contributed by atoms with E-state index in [1.54, 1.807) is 4.90 Å². The number of hydrogen-bond donors (Lipinski definition) is 2. The van der Waals surface area contributed by atoms with Crippen LogP contribution in [0.4, 0.5) is 10.5 Å². The predicted molar refractivity (Wildman–Crippen MR) is 75.7 cm³/mol. The first-order chi connectivity index (χ1) is 8.54. The number of aryl methyl sites for hydroxylation is 1. The van der Waals surface area contributed by atoms with Gasteiger partial charge in [0.15, 0.2) is 0 Å². The number of anilines is 1. The third-order valence-electron chi connectivity index (χ3n) is 2.76. The Balaban J connectivity index is 2.66. The Hall–Kier alpha value is -1.55. The van der Waals surface area contributed by atoms with E-state index in [0.29, 0.717) is 13.1 Å². The summed E-state index contributed by atoms with van der Waals surface area (Å²) in [7, 11) is 0. The summed E-state index contributed by atoms with van der Waals surface area (Å²) in [5.41, 5.74) is 7.45. The molecule has 0 saturated carbocycles. The first-order valence-corrected chi connectivity index (χ1v) is 6.39. The molecule has 0 aliphatic carbocycles. The summed E-state index contributed by atoms with van der Waals surface area (Å²) >= 11 is 0. The van der Waals surface area contributed by atoms with Gasteiger partial charge >= 0.3 is 6.03 Å². The Kier molecular flexibility index (Phi) is 5.65. The Bertz CT molecular complexity index is 390. The molecule has 0 bridgehead atoms. The van der Waals surface area contributed by atoms with Crippen molar-refractivity contribution >= 4 is 11.7 Å². The van der Waals surface area contributed by atoms with Crippen LogP contribution in [0.5, 0.6) is 0 Å². The second kappa shape index (κ2) is 7.01. The van der Waals surface area contributed by atoms with E-state index >= 15 is 0 Å². The highest BCUT2D eigenvalue weighted by Crippen LogP contribution is 2.11. The van der Waals surface area contributed by atoms with Gasteiger partial charge < -0.3 is 16.0 Å². The quantitative estimate of drug-likeness (QED) is 0.842. The Morgan fingerprint density at radius 2 is 2.17 bits per heavy atom. The molecular weight excluding hydrogens is 226 g/mol. The minimum absolute atomic E-state index is 0.0657. The monoisotopic (exact) mass is 249 g/mol. The second-order valence-corrected chi connectivity index (χ2v) is 4.73. The molecule has 2 amide bonds. The number of nitrogens with two attached hydrogens (primary N) is 1. The lowest BCUT2D eigenvalue weighted by atomic mass is 10.2. The molecule has 100 valence electrons. The van der Waals surface area contributed by atoms with E-state index in [0.717, 1.165) is 17.7 Å². The molecule has 3 N–H and O–H groups in total. The van der Waals surface area contributed by atoms with E-state index in [1.807, 2.05) is 45.0 Å². The normalized spacial score (nSPS) is 10.5. The van der Waals surface area contributed by atoms with Gasteiger partial charge in [0.1, 0.15) is 0 Å². The van der Waals surface area contributed by atoms with Crippen molar-refractivity contribution in [1.82, 2.24) is 4.90 Å². The van der Waals surface area contributed by atoms with Crippen LogP contribution in [0.2, 0.25) is 0 Å². The first kappa shape index (κ1) is 14.5. The molecule has 1 rings (SSSR count). The SMILES string of the molecule is Cc1cccc(NC(=O)N(CCCN)C(C)C)c1. The highest BCUT2D eigenvalue weighted by molar-refractivity contribution is 5.89. The van der Waals surface area contributed by atoms with Gasteiger partial charge in [0.25, 0.3) is 0 Å². The zero-order chi connectivity index (χ0) is 13.5. The number of amides is 2. The lowest BCUT2D eigenvalue weighted by molar-refractivity contribution is 0.196. The van der Waals surface area contributed by atoms with Crippen LogP contribution in [-0.2, 0) is 0 Å². The highest BCUT2D eigenvalue weighted by Gasteiger charge is 2.16. The molecule has 0 atom stereocenters. The summed E-state index contributed by atoms with van der Waals surface area (Å²) in [5, 5.41) is 2.92. The van der Waals surface area contributed by atoms with Crippen LogP contribution >= 0.6 is 0 Å². The molecular formula is C14H23N3O. The summed E-state index contributed by atoms with van der Waals surface area (Å²) < 4.78 is 0. The van der Waals surface area contributed by atoms with E-state index in [2.05, 4.69) is 5.32 Å². The maximum absolute atomic E-state index is 12.1. The fourth-order valence-electron chi connectivity index (χ4n) is 1.77. The number of benzene rings is 1. The summed E-state index contributed by atoms with van der Waals surface area (Å²) in [6.07, 6.45) is 0.819. The van der Waals surface area contributed by atoms with E-state index < -0.39 is 0 Å². The average Bonchev–Trinajstić information content (AvgIpc) is 2.29. The number of carbonyl (C=O) groups excluding carboxylic acids is 1. The van der Waals surface area contributed by atoms with Crippen LogP contribution < -0.4 is 11.1 Å². The maximum Gasteiger partial charge on any atom is 0.322 e. The third-order valence-corrected chi connectivity index (χ3v) is 2.76. The van der Waals surface area contributed by atoms with Gasteiger partial charge in [-0.3, -0.25) is 0 Å². The van der Waals surface area contributed by atoms with E-state index in [9.17, 15) is 4.79 Å². The smallest absolute Gasteiger partial charge is 0.322 e. The fourth-order valence-corrected chi connectivity index (χ4v) is 1.77. The molecule has 0 aromatic heterocycles. The Labute approximate surface area is 109 Å². The summed E-state index contributed by atoms with van der Waals surface area (Å²) in [6.45, 7) is 7.30. The zero-order valence-electron chi connectivity index (χ0n) is 11.4. The minimum Gasteiger partial charge on any atom is -0.330 e. The van der Waals surface area contributed by atoms with E-state index in [1.165, 1.54) is 0 Å². The van der Waals surface area contributed by atoms with E-state index in [-0.39, 0.29) is 12.1 Å². The molecule has 0 radical (unpaired) electrons. The molecule has 18 heavy (non-hydrogen) atoms. The summed E-state index contributed by atoms with van der Waals surface area (Å²) in [5.74, 6) is 0. The number of hydrogen-bond acceptors (Lipinski definition) is 2. The Morgan fingerprint density at radius 3 is 2.72 bits per heavy atom. The molecule has 0 aliphatic rings. The number of urea groups is 1. The van der Waals surface area contributed by atoms with Crippen molar-refractivity contribution in [2.75, 3.05) is 18.4 Å². The molecule has 0 spiro atoms. The van der Waals surface area contributed by atoms with Crippen LogP contribution in [0.25, 0.3) is 0 Å². The average molecular weight is 249 g/mol. The summed E-state index contributed by atoms with van der Waals surface area (Å²) in [4.78, 5) is 13.9. The Morgan fingerprint density at radius 1 is 1.44 bits per heavy atom. The molecule has 0 aliphatic heterocycles. The molecule has 0 fully saturated rings. The number of nitrogens with one attached hydrogen (secondary N) is 1. The van der Waals surface area contributed by atoms with Gasteiger partial charge in [-0.1, -0.05) is 12.1 Å². The number of carbonyl (C=O) groups is 1. The lowest BCUT2D eigenvalue weighted by Crippen LogP contribution is -2.41. The molecule has 4 nitrogen and oxygen atoms in total. The molecule has 0 heterocycles. The van der Waals surface area contributed by atoms with Gasteiger partial charge in [0.05, 0.1) is 0 Å². The molecule has 1 aromatic rings. The molecule has 4 heteroatoms. The third kappa shape index (κ3) is 4.37.